The van der Waals surface area contributed by atoms with E-state index in [0.717, 1.165) is 10.6 Å². The molecule has 3 aromatic rings. The van der Waals surface area contributed by atoms with Gasteiger partial charge in [0.2, 0.25) is 27.8 Å². The number of carbonyl (C=O) groups is 2. The number of carbonyl (C=O) groups excluding carboxylic acids is 2. The summed E-state index contributed by atoms with van der Waals surface area (Å²) < 4.78 is 66.0. The minimum Gasteiger partial charge on any atom is -0.365 e. The van der Waals surface area contributed by atoms with Gasteiger partial charge in [-0.3, -0.25) is 13.9 Å². The lowest BCUT2D eigenvalue weighted by atomic mass is 10.2. The van der Waals surface area contributed by atoms with Gasteiger partial charge in [-0.25, -0.2) is 18.4 Å². The van der Waals surface area contributed by atoms with Crippen molar-refractivity contribution in [1.29, 1.82) is 0 Å². The zero-order chi connectivity index (χ0) is 29.5. The van der Waals surface area contributed by atoms with Crippen molar-refractivity contribution < 1.29 is 31.2 Å². The summed E-state index contributed by atoms with van der Waals surface area (Å²) in [6, 6.07) is 9.75. The minimum atomic E-state index is -4.77. The van der Waals surface area contributed by atoms with Gasteiger partial charge in [-0.15, -0.1) is 0 Å². The summed E-state index contributed by atoms with van der Waals surface area (Å²) in [7, 11) is -2.38. The number of pyridine rings is 1. The Hall–Kier alpha value is -4.47. The van der Waals surface area contributed by atoms with Crippen LogP contribution in [0, 0.1) is 0 Å². The molecule has 0 aliphatic heterocycles. The monoisotopic (exact) mass is 580 g/mol. The number of aromatic nitrogens is 3. The molecule has 16 heteroatoms. The molecular formula is C24H27F3N8O4S. The van der Waals surface area contributed by atoms with Crippen LogP contribution in [-0.2, 0) is 38.9 Å². The second kappa shape index (κ2) is 12.6. The van der Waals surface area contributed by atoms with Crippen molar-refractivity contribution in [2.45, 2.75) is 26.2 Å². The van der Waals surface area contributed by atoms with E-state index in [1.54, 1.807) is 24.3 Å². The van der Waals surface area contributed by atoms with Crippen LogP contribution in [0.5, 0.6) is 0 Å². The molecule has 12 nitrogen and oxygen atoms in total. The maximum absolute atomic E-state index is 13.7. The highest BCUT2D eigenvalue weighted by atomic mass is 32.2. The summed E-state index contributed by atoms with van der Waals surface area (Å²) in [6.45, 7) is 1.05. The molecule has 2 amide bonds. The van der Waals surface area contributed by atoms with Crippen LogP contribution in [0.1, 0.15) is 23.6 Å². The maximum atomic E-state index is 13.7. The molecule has 0 aliphatic carbocycles. The van der Waals surface area contributed by atoms with Gasteiger partial charge in [0.15, 0.2) is 0 Å². The molecule has 0 saturated carbocycles. The molecule has 0 radical (unpaired) electrons. The van der Waals surface area contributed by atoms with E-state index in [2.05, 4.69) is 36.2 Å². The molecule has 0 aliphatic rings. The highest BCUT2D eigenvalue weighted by Gasteiger charge is 2.35. The average molecular weight is 581 g/mol. The van der Waals surface area contributed by atoms with E-state index in [9.17, 15) is 31.2 Å². The van der Waals surface area contributed by atoms with Crippen molar-refractivity contribution in [2.75, 3.05) is 34.8 Å². The van der Waals surface area contributed by atoms with E-state index in [-0.39, 0.29) is 37.3 Å². The third kappa shape index (κ3) is 8.52. The van der Waals surface area contributed by atoms with Crippen LogP contribution < -0.4 is 25.6 Å². The zero-order valence-corrected chi connectivity index (χ0v) is 22.5. The first-order valence-corrected chi connectivity index (χ1v) is 13.5. The van der Waals surface area contributed by atoms with Crippen molar-refractivity contribution in [2.24, 2.45) is 0 Å². The molecule has 0 atom stereocenters. The predicted molar refractivity (Wildman–Crippen MR) is 142 cm³/mol. The molecular weight excluding hydrogens is 553 g/mol. The molecule has 2 heterocycles. The van der Waals surface area contributed by atoms with Crippen LogP contribution in [0.15, 0.2) is 48.8 Å². The number of amides is 2. The summed E-state index contributed by atoms with van der Waals surface area (Å²) in [5, 5.41) is 10.5. The van der Waals surface area contributed by atoms with Gasteiger partial charge in [0.25, 0.3) is 0 Å². The van der Waals surface area contributed by atoms with Crippen molar-refractivity contribution in [3.63, 3.8) is 0 Å². The third-order valence-electron chi connectivity index (χ3n) is 5.37. The first-order chi connectivity index (χ1) is 18.7. The number of alkyl halides is 3. The number of halogens is 3. The molecule has 0 bridgehead atoms. The van der Waals surface area contributed by atoms with E-state index in [1.807, 2.05) is 0 Å². The standard InChI is InChI=1S/C24H27F3N8O4S/c1-15(36)29-14-20(37)30-11-16-6-4-8-18(10-16)33-23-32-13-19(24(25,26)27)21(34-23)31-12-17-7-5-9-28-22(17)35(2)40(3,38)39/h4-10,13H,11-12,14H2,1-3H3,(H,29,36)(H,30,37)(H2,31,32,33,34). The van der Waals surface area contributed by atoms with E-state index >= 15 is 0 Å². The quantitative estimate of drug-likeness (QED) is 0.267. The number of rotatable bonds is 11. The lowest BCUT2D eigenvalue weighted by Gasteiger charge is -2.20. The lowest BCUT2D eigenvalue weighted by Crippen LogP contribution is -2.35. The highest BCUT2D eigenvalue weighted by Crippen LogP contribution is 2.34. The number of benzene rings is 1. The van der Waals surface area contributed by atoms with Crippen LogP contribution >= 0.6 is 0 Å². The fourth-order valence-electron chi connectivity index (χ4n) is 3.33. The number of anilines is 4. The summed E-state index contributed by atoms with van der Waals surface area (Å²) >= 11 is 0. The number of nitrogens with zero attached hydrogens (tertiary/aromatic N) is 4. The molecule has 0 saturated heterocycles. The number of sulfonamides is 1. The Morgan fingerprint density at radius 2 is 1.80 bits per heavy atom. The Bertz CT molecular complexity index is 1480. The topological polar surface area (TPSA) is 158 Å². The van der Waals surface area contributed by atoms with Crippen LogP contribution in [0.25, 0.3) is 0 Å². The van der Waals surface area contributed by atoms with Crippen LogP contribution in [-0.4, -0.2) is 55.0 Å². The van der Waals surface area contributed by atoms with Gasteiger partial charge < -0.3 is 21.3 Å². The Morgan fingerprint density at radius 1 is 1.05 bits per heavy atom. The Morgan fingerprint density at radius 3 is 2.48 bits per heavy atom. The summed E-state index contributed by atoms with van der Waals surface area (Å²) in [6.07, 6.45) is -1.78. The molecule has 1 aromatic carbocycles. The lowest BCUT2D eigenvalue weighted by molar-refractivity contribution is -0.137. The molecule has 3 rings (SSSR count). The second-order valence-corrected chi connectivity index (χ2v) is 10.5. The van der Waals surface area contributed by atoms with Crippen LogP contribution in [0.4, 0.5) is 36.4 Å². The molecule has 0 spiro atoms. The summed E-state index contributed by atoms with van der Waals surface area (Å²) in [5.41, 5.74) is 0.328. The van der Waals surface area contributed by atoms with Crippen molar-refractivity contribution in [3.8, 4) is 0 Å². The van der Waals surface area contributed by atoms with Crippen LogP contribution in [0.2, 0.25) is 0 Å². The van der Waals surface area contributed by atoms with Gasteiger partial charge in [0.1, 0.15) is 17.2 Å². The molecule has 0 fully saturated rings. The molecule has 2 aromatic heterocycles. The number of nitrogens with one attached hydrogen (secondary N) is 4. The van der Waals surface area contributed by atoms with Gasteiger partial charge in [0.05, 0.1) is 12.8 Å². The SMILES string of the molecule is CC(=O)NCC(=O)NCc1cccc(Nc2ncc(C(F)(F)F)c(NCc3cccnc3N(C)S(C)(=O)=O)n2)c1. The van der Waals surface area contributed by atoms with Gasteiger partial charge in [0, 0.05) is 50.7 Å². The molecule has 214 valence electrons. The van der Waals surface area contributed by atoms with E-state index in [4.69, 9.17) is 0 Å². The summed E-state index contributed by atoms with van der Waals surface area (Å²) in [4.78, 5) is 34.6. The van der Waals surface area contributed by atoms with Crippen molar-refractivity contribution in [3.05, 3.63) is 65.5 Å². The van der Waals surface area contributed by atoms with Crippen molar-refractivity contribution >= 4 is 45.1 Å². The summed E-state index contributed by atoms with van der Waals surface area (Å²) in [5.74, 6) is -1.34. The second-order valence-electron chi connectivity index (χ2n) is 8.54. The third-order valence-corrected chi connectivity index (χ3v) is 6.54. The van der Waals surface area contributed by atoms with E-state index in [0.29, 0.717) is 23.0 Å². The molecule has 4 N–H and O–H groups in total. The van der Waals surface area contributed by atoms with Gasteiger partial charge in [-0.2, -0.15) is 18.2 Å². The van der Waals surface area contributed by atoms with E-state index < -0.39 is 33.5 Å². The van der Waals surface area contributed by atoms with Crippen molar-refractivity contribution in [1.82, 2.24) is 25.6 Å². The van der Waals surface area contributed by atoms with Gasteiger partial charge in [-0.1, -0.05) is 18.2 Å². The first kappa shape index (κ1) is 30.1. The fourth-order valence-corrected chi connectivity index (χ4v) is 3.81. The highest BCUT2D eigenvalue weighted by molar-refractivity contribution is 7.92. The average Bonchev–Trinajstić information content (AvgIpc) is 2.88. The predicted octanol–water partition coefficient (Wildman–Crippen LogP) is 2.39. The van der Waals surface area contributed by atoms with Gasteiger partial charge in [-0.05, 0) is 23.8 Å². The zero-order valence-electron chi connectivity index (χ0n) is 21.7. The Labute approximate surface area is 228 Å². The number of hydrogen-bond donors (Lipinski definition) is 4. The molecule has 40 heavy (non-hydrogen) atoms. The van der Waals surface area contributed by atoms with Gasteiger partial charge >= 0.3 is 6.18 Å². The fraction of sp³-hybridized carbons (Fsp3) is 0.292. The molecule has 0 unspecified atom stereocenters. The minimum absolute atomic E-state index is 0.0550. The van der Waals surface area contributed by atoms with E-state index in [1.165, 1.54) is 32.3 Å². The Kier molecular flexibility index (Phi) is 9.47. The number of hydrogen-bond acceptors (Lipinski definition) is 9. The smallest absolute Gasteiger partial charge is 0.365 e. The Balaban J connectivity index is 1.79. The van der Waals surface area contributed by atoms with Crippen LogP contribution in [0.3, 0.4) is 0 Å². The maximum Gasteiger partial charge on any atom is 0.421 e. The first-order valence-electron chi connectivity index (χ1n) is 11.7. The normalized spacial score (nSPS) is 11.4. The largest absolute Gasteiger partial charge is 0.421 e.